The average molecular weight is 337 g/mol. The van der Waals surface area contributed by atoms with Crippen LogP contribution in [0.25, 0.3) is 0 Å². The highest BCUT2D eigenvalue weighted by molar-refractivity contribution is 5.90. The summed E-state index contributed by atoms with van der Waals surface area (Å²) < 4.78 is 23.3. The number of rotatable bonds is 6. The van der Waals surface area contributed by atoms with Crippen molar-refractivity contribution in [3.05, 3.63) is 48.0 Å². The largest absolute Gasteiger partial charge is 0.426 e. The van der Waals surface area contributed by atoms with Gasteiger partial charge in [0.1, 0.15) is 11.6 Å². The van der Waals surface area contributed by atoms with Crippen LogP contribution in [0.1, 0.15) is 17.5 Å². The number of urea groups is 1. The van der Waals surface area contributed by atoms with Crippen molar-refractivity contribution in [1.82, 2.24) is 10.4 Å². The van der Waals surface area contributed by atoms with Gasteiger partial charge in [-0.15, -0.1) is 0 Å². The number of hydrogen-bond acceptors (Lipinski definition) is 5. The number of furan rings is 1. The molecule has 0 radical (unpaired) electrons. The summed E-state index contributed by atoms with van der Waals surface area (Å²) in [5, 5.41) is 12.4. The lowest BCUT2D eigenvalue weighted by molar-refractivity contribution is -0.0636. The number of hydroxylamine groups is 2. The van der Waals surface area contributed by atoms with Gasteiger partial charge in [0.15, 0.2) is 5.76 Å². The van der Waals surface area contributed by atoms with E-state index in [1.165, 1.54) is 36.4 Å². The molecule has 2 aromatic rings. The first kappa shape index (κ1) is 17.3. The van der Waals surface area contributed by atoms with Crippen molar-refractivity contribution >= 4 is 11.9 Å². The lowest BCUT2D eigenvalue weighted by Gasteiger charge is -2.18. The Morgan fingerprint density at radius 3 is 2.62 bits per heavy atom. The van der Waals surface area contributed by atoms with Crippen molar-refractivity contribution < 1.29 is 28.3 Å². The molecule has 0 unspecified atom stereocenters. The molecular weight excluding hydrogens is 321 g/mol. The van der Waals surface area contributed by atoms with Gasteiger partial charge in [0.05, 0.1) is 6.54 Å². The molecule has 1 aromatic carbocycles. The molecule has 0 aliphatic carbocycles. The van der Waals surface area contributed by atoms with Gasteiger partial charge in [-0.3, -0.25) is 10.0 Å². The monoisotopic (exact) mass is 337 g/mol. The Morgan fingerprint density at radius 1 is 1.33 bits per heavy atom. The van der Waals surface area contributed by atoms with Crippen LogP contribution in [0.5, 0.6) is 11.7 Å². The molecule has 0 fully saturated rings. The smallest absolute Gasteiger partial charge is 0.313 e. The van der Waals surface area contributed by atoms with Crippen molar-refractivity contribution in [3.63, 3.8) is 0 Å². The van der Waals surface area contributed by atoms with Gasteiger partial charge >= 0.3 is 11.9 Å². The summed E-state index contributed by atoms with van der Waals surface area (Å²) in [6, 6.07) is 6.60. The van der Waals surface area contributed by atoms with Crippen LogP contribution in [0, 0.1) is 5.82 Å². The number of primary amides is 1. The minimum Gasteiger partial charge on any atom is -0.426 e. The third kappa shape index (κ3) is 4.71. The Kier molecular flexibility index (Phi) is 5.38. The lowest BCUT2D eigenvalue weighted by atomic mass is 10.3. The highest BCUT2D eigenvalue weighted by atomic mass is 19.1. The molecule has 0 aliphatic heterocycles. The van der Waals surface area contributed by atoms with Gasteiger partial charge in [0.25, 0.3) is 5.95 Å². The summed E-state index contributed by atoms with van der Waals surface area (Å²) in [6.07, 6.45) is 0. The van der Waals surface area contributed by atoms with Gasteiger partial charge in [-0.2, -0.15) is 0 Å². The van der Waals surface area contributed by atoms with Crippen molar-refractivity contribution in [2.45, 2.75) is 13.0 Å². The Balaban J connectivity index is 1.97. The lowest BCUT2D eigenvalue weighted by Crippen LogP contribution is -2.44. The maximum atomic E-state index is 12.8. The number of amides is 3. The maximum Gasteiger partial charge on any atom is 0.313 e. The zero-order chi connectivity index (χ0) is 17.7. The standard InChI is InChI=1S/C15H16FN3O5/c1-9(18-15(17)21)8-19(22)14(20)12-6-7-13(24-12)23-11-4-2-10(16)3-5-11/h2-7,9,22H,8H2,1H3,(H3,17,18,21)/t9-/m1/s1. The quantitative estimate of drug-likeness (QED) is 0.551. The fourth-order valence-electron chi connectivity index (χ4n) is 1.87. The average Bonchev–Trinajstić information content (AvgIpc) is 2.96. The van der Waals surface area contributed by atoms with Crippen LogP contribution in [0.3, 0.4) is 0 Å². The van der Waals surface area contributed by atoms with Gasteiger partial charge in [-0.05, 0) is 37.3 Å². The molecule has 4 N–H and O–H groups in total. The van der Waals surface area contributed by atoms with Crippen molar-refractivity contribution in [2.24, 2.45) is 5.73 Å². The van der Waals surface area contributed by atoms with Crippen LogP contribution in [0.2, 0.25) is 0 Å². The fourth-order valence-corrected chi connectivity index (χ4v) is 1.87. The molecule has 8 nitrogen and oxygen atoms in total. The first-order valence-electron chi connectivity index (χ1n) is 6.95. The van der Waals surface area contributed by atoms with Crippen molar-refractivity contribution in [1.29, 1.82) is 0 Å². The zero-order valence-electron chi connectivity index (χ0n) is 12.7. The molecule has 3 amide bonds. The van der Waals surface area contributed by atoms with Gasteiger partial charge in [0.2, 0.25) is 0 Å². The highest BCUT2D eigenvalue weighted by Gasteiger charge is 2.20. The molecule has 24 heavy (non-hydrogen) atoms. The van der Waals surface area contributed by atoms with Crippen LogP contribution >= 0.6 is 0 Å². The number of nitrogens with two attached hydrogens (primary N) is 1. The van der Waals surface area contributed by atoms with Crippen LogP contribution in [0.15, 0.2) is 40.8 Å². The molecule has 2 rings (SSSR count). The molecule has 9 heteroatoms. The highest BCUT2D eigenvalue weighted by Crippen LogP contribution is 2.24. The summed E-state index contributed by atoms with van der Waals surface area (Å²) in [6.45, 7) is 1.38. The first-order chi connectivity index (χ1) is 11.3. The third-order valence-corrected chi connectivity index (χ3v) is 2.89. The van der Waals surface area contributed by atoms with Gasteiger partial charge in [-0.1, -0.05) is 0 Å². The molecular formula is C15H16FN3O5. The Hall–Kier alpha value is -3.07. The first-order valence-corrected chi connectivity index (χ1v) is 6.95. The van der Waals surface area contributed by atoms with E-state index in [1.54, 1.807) is 6.92 Å². The van der Waals surface area contributed by atoms with E-state index in [1.807, 2.05) is 0 Å². The third-order valence-electron chi connectivity index (χ3n) is 2.89. The summed E-state index contributed by atoms with van der Waals surface area (Å²) in [7, 11) is 0. The minimum absolute atomic E-state index is 0.00154. The van der Waals surface area contributed by atoms with Gasteiger partial charge in [0, 0.05) is 12.1 Å². The van der Waals surface area contributed by atoms with E-state index >= 15 is 0 Å². The van der Waals surface area contributed by atoms with Crippen molar-refractivity contribution in [2.75, 3.05) is 6.54 Å². The maximum absolute atomic E-state index is 12.8. The number of nitrogens with one attached hydrogen (secondary N) is 1. The van der Waals surface area contributed by atoms with E-state index < -0.39 is 23.8 Å². The van der Waals surface area contributed by atoms with E-state index in [9.17, 15) is 19.2 Å². The minimum atomic E-state index is -0.818. The summed E-state index contributed by atoms with van der Waals surface area (Å²) in [5.74, 6) is -1.07. The topological polar surface area (TPSA) is 118 Å². The molecule has 0 saturated carbocycles. The fraction of sp³-hybridized carbons (Fsp3) is 0.200. The molecule has 1 aromatic heterocycles. The second-order valence-electron chi connectivity index (χ2n) is 4.97. The van der Waals surface area contributed by atoms with Crippen LogP contribution in [-0.2, 0) is 0 Å². The zero-order valence-corrected chi connectivity index (χ0v) is 12.7. The number of nitrogens with zero attached hydrogens (tertiary/aromatic N) is 1. The van der Waals surface area contributed by atoms with Crippen LogP contribution < -0.4 is 15.8 Å². The van der Waals surface area contributed by atoms with E-state index in [-0.39, 0.29) is 18.3 Å². The predicted octanol–water partition coefficient (Wildman–Crippen LogP) is 2.10. The summed E-state index contributed by atoms with van der Waals surface area (Å²) >= 11 is 0. The van der Waals surface area contributed by atoms with E-state index in [4.69, 9.17) is 14.9 Å². The van der Waals surface area contributed by atoms with Gasteiger partial charge < -0.3 is 20.2 Å². The summed E-state index contributed by atoms with van der Waals surface area (Å²) in [4.78, 5) is 22.7. The number of ether oxygens (including phenoxy) is 1. The van der Waals surface area contributed by atoms with E-state index in [0.717, 1.165) is 0 Å². The number of carbonyl (C=O) groups excluding carboxylic acids is 2. The second-order valence-corrected chi connectivity index (χ2v) is 4.97. The SMILES string of the molecule is C[C@H](CN(O)C(=O)c1ccc(Oc2ccc(F)cc2)o1)NC(N)=O. The molecule has 0 saturated heterocycles. The molecule has 0 bridgehead atoms. The second kappa shape index (κ2) is 7.47. The molecule has 0 aliphatic rings. The number of carbonyl (C=O) groups is 2. The molecule has 1 heterocycles. The Morgan fingerprint density at radius 2 is 2.00 bits per heavy atom. The number of halogens is 1. The normalized spacial score (nSPS) is 11.6. The van der Waals surface area contributed by atoms with E-state index in [0.29, 0.717) is 10.8 Å². The van der Waals surface area contributed by atoms with Crippen LogP contribution in [0.4, 0.5) is 9.18 Å². The van der Waals surface area contributed by atoms with E-state index in [2.05, 4.69) is 5.32 Å². The molecule has 0 spiro atoms. The Labute approximate surface area is 136 Å². The molecule has 128 valence electrons. The van der Waals surface area contributed by atoms with Gasteiger partial charge in [-0.25, -0.2) is 14.2 Å². The predicted molar refractivity (Wildman–Crippen MR) is 80.2 cm³/mol. The van der Waals surface area contributed by atoms with Crippen LogP contribution in [-0.4, -0.2) is 34.8 Å². The number of hydrogen-bond donors (Lipinski definition) is 3. The van der Waals surface area contributed by atoms with Crippen molar-refractivity contribution in [3.8, 4) is 11.7 Å². The molecule has 1 atom stereocenters. The Bertz CT molecular complexity index is 716. The number of benzene rings is 1. The summed E-state index contributed by atoms with van der Waals surface area (Å²) in [5.41, 5.74) is 4.95.